The van der Waals surface area contributed by atoms with E-state index in [0.717, 1.165) is 32.6 Å². The average molecular weight is 213 g/mol. The molecule has 0 bridgehead atoms. The zero-order valence-electron chi connectivity index (χ0n) is 10.3. The van der Waals surface area contributed by atoms with E-state index in [1.165, 1.54) is 0 Å². The van der Waals surface area contributed by atoms with Crippen molar-refractivity contribution in [2.45, 2.75) is 25.8 Å². The Morgan fingerprint density at radius 2 is 2.20 bits per heavy atom. The molecule has 0 aromatic heterocycles. The van der Waals surface area contributed by atoms with Gasteiger partial charge in [-0.25, -0.2) is 0 Å². The second kappa shape index (κ2) is 4.94. The molecule has 0 spiro atoms. The molecule has 1 rings (SSSR count). The third kappa shape index (κ3) is 2.92. The van der Waals surface area contributed by atoms with Crippen molar-refractivity contribution in [1.82, 2.24) is 15.1 Å². The fraction of sp³-hybridized carbons (Fsp3) is 0.909. The fourth-order valence-corrected chi connectivity index (χ4v) is 1.80. The number of amides is 1. The maximum Gasteiger partial charge on any atom is 0.242 e. The number of likely N-dealkylation sites (N-methyl/N-ethyl adjacent to an activating group) is 1. The van der Waals surface area contributed by atoms with Gasteiger partial charge in [-0.3, -0.25) is 4.79 Å². The first-order valence-corrected chi connectivity index (χ1v) is 5.69. The predicted octanol–water partition coefficient (Wildman–Crippen LogP) is 0.149. The van der Waals surface area contributed by atoms with Gasteiger partial charge < -0.3 is 15.1 Å². The summed E-state index contributed by atoms with van der Waals surface area (Å²) in [6.45, 7) is 7.57. The number of carbonyl (C=O) groups excluding carboxylic acids is 1. The number of hydrogen-bond acceptors (Lipinski definition) is 3. The van der Waals surface area contributed by atoms with Crippen molar-refractivity contribution in [2.75, 3.05) is 40.3 Å². The summed E-state index contributed by atoms with van der Waals surface area (Å²) in [7, 11) is 4.07. The molecule has 15 heavy (non-hydrogen) atoms. The lowest BCUT2D eigenvalue weighted by molar-refractivity contribution is -0.140. The Morgan fingerprint density at radius 1 is 1.53 bits per heavy atom. The number of rotatable bonds is 4. The van der Waals surface area contributed by atoms with Gasteiger partial charge in [0.25, 0.3) is 0 Å². The minimum Gasteiger partial charge on any atom is -0.339 e. The van der Waals surface area contributed by atoms with Crippen molar-refractivity contribution < 1.29 is 4.79 Å². The molecule has 1 aliphatic rings. The van der Waals surface area contributed by atoms with Gasteiger partial charge in [0.05, 0.1) is 5.54 Å². The zero-order chi connectivity index (χ0) is 11.5. The van der Waals surface area contributed by atoms with Gasteiger partial charge in [-0.1, -0.05) is 6.92 Å². The normalized spacial score (nSPS) is 27.5. The number of piperazine rings is 1. The molecule has 0 saturated carbocycles. The molecule has 0 aromatic rings. The molecule has 4 nitrogen and oxygen atoms in total. The van der Waals surface area contributed by atoms with Crippen LogP contribution in [0.15, 0.2) is 0 Å². The SMILES string of the molecule is CCC1(C)NCCN(CCN(C)C)C1=O. The van der Waals surface area contributed by atoms with Crippen LogP contribution in [-0.2, 0) is 4.79 Å². The van der Waals surface area contributed by atoms with Crippen LogP contribution in [0.5, 0.6) is 0 Å². The van der Waals surface area contributed by atoms with Gasteiger partial charge in [0.2, 0.25) is 5.91 Å². The topological polar surface area (TPSA) is 35.6 Å². The first-order chi connectivity index (χ1) is 6.99. The van der Waals surface area contributed by atoms with Crippen molar-refractivity contribution in [2.24, 2.45) is 0 Å². The maximum atomic E-state index is 12.1. The van der Waals surface area contributed by atoms with Gasteiger partial charge in [-0.15, -0.1) is 0 Å². The minimum absolute atomic E-state index is 0.248. The van der Waals surface area contributed by atoms with E-state index in [1.807, 2.05) is 25.9 Å². The molecule has 1 unspecified atom stereocenters. The summed E-state index contributed by atoms with van der Waals surface area (Å²) >= 11 is 0. The first-order valence-electron chi connectivity index (χ1n) is 5.69. The van der Waals surface area contributed by atoms with Crippen molar-refractivity contribution >= 4 is 5.91 Å². The number of carbonyl (C=O) groups is 1. The van der Waals surface area contributed by atoms with Crippen LogP contribution in [-0.4, -0.2) is 61.5 Å². The monoisotopic (exact) mass is 213 g/mol. The predicted molar refractivity (Wildman–Crippen MR) is 61.8 cm³/mol. The van der Waals surface area contributed by atoms with Gasteiger partial charge in [-0.2, -0.15) is 0 Å². The van der Waals surface area contributed by atoms with Crippen molar-refractivity contribution in [1.29, 1.82) is 0 Å². The summed E-state index contributed by atoms with van der Waals surface area (Å²) in [5.41, 5.74) is -0.343. The number of hydrogen-bond donors (Lipinski definition) is 1. The highest BCUT2D eigenvalue weighted by Gasteiger charge is 2.37. The molecule has 1 atom stereocenters. The van der Waals surface area contributed by atoms with Crippen molar-refractivity contribution in [3.63, 3.8) is 0 Å². The summed E-state index contributed by atoms with van der Waals surface area (Å²) in [4.78, 5) is 16.2. The smallest absolute Gasteiger partial charge is 0.242 e. The van der Waals surface area contributed by atoms with E-state index in [2.05, 4.69) is 17.1 Å². The molecule has 1 N–H and O–H groups in total. The van der Waals surface area contributed by atoms with Crippen LogP contribution in [0.4, 0.5) is 0 Å². The van der Waals surface area contributed by atoms with Crippen LogP contribution in [0.3, 0.4) is 0 Å². The Labute approximate surface area is 92.6 Å². The fourth-order valence-electron chi connectivity index (χ4n) is 1.80. The van der Waals surface area contributed by atoms with Crippen LogP contribution in [0, 0.1) is 0 Å². The second-order valence-corrected chi connectivity index (χ2v) is 4.71. The lowest BCUT2D eigenvalue weighted by atomic mass is 9.94. The number of nitrogens with zero attached hydrogens (tertiary/aromatic N) is 2. The minimum atomic E-state index is -0.343. The van der Waals surface area contributed by atoms with E-state index < -0.39 is 0 Å². The van der Waals surface area contributed by atoms with Crippen LogP contribution in [0.1, 0.15) is 20.3 Å². The summed E-state index contributed by atoms with van der Waals surface area (Å²) in [5, 5.41) is 3.31. The highest BCUT2D eigenvalue weighted by molar-refractivity contribution is 5.86. The molecular weight excluding hydrogens is 190 g/mol. The molecular formula is C11H23N3O. The Kier molecular flexibility index (Phi) is 4.11. The third-order valence-electron chi connectivity index (χ3n) is 3.18. The molecule has 1 amide bonds. The first kappa shape index (κ1) is 12.5. The Morgan fingerprint density at radius 3 is 2.73 bits per heavy atom. The zero-order valence-corrected chi connectivity index (χ0v) is 10.3. The summed E-state index contributed by atoms with van der Waals surface area (Å²) in [6, 6.07) is 0. The Bertz CT molecular complexity index is 230. The van der Waals surface area contributed by atoms with E-state index in [1.54, 1.807) is 0 Å². The standard InChI is InChI=1S/C11H23N3O/c1-5-11(2)10(15)14(7-6-12-11)9-8-13(3)4/h12H,5-9H2,1-4H3. The highest BCUT2D eigenvalue weighted by atomic mass is 16.2. The molecule has 4 heteroatoms. The lowest BCUT2D eigenvalue weighted by Crippen LogP contribution is -2.63. The molecule has 1 fully saturated rings. The molecule has 88 valence electrons. The third-order valence-corrected chi connectivity index (χ3v) is 3.18. The molecule has 1 aliphatic heterocycles. The van der Waals surface area contributed by atoms with Crippen LogP contribution < -0.4 is 5.32 Å². The van der Waals surface area contributed by atoms with Gasteiger partial charge in [0, 0.05) is 26.2 Å². The second-order valence-electron chi connectivity index (χ2n) is 4.71. The Balaban J connectivity index is 2.55. The average Bonchev–Trinajstić information content (AvgIpc) is 2.20. The van der Waals surface area contributed by atoms with Gasteiger partial charge >= 0.3 is 0 Å². The quantitative estimate of drug-likeness (QED) is 0.722. The van der Waals surface area contributed by atoms with Gasteiger partial charge in [0.1, 0.15) is 0 Å². The van der Waals surface area contributed by atoms with Gasteiger partial charge in [0.15, 0.2) is 0 Å². The van der Waals surface area contributed by atoms with E-state index >= 15 is 0 Å². The molecule has 0 aliphatic carbocycles. The van der Waals surface area contributed by atoms with E-state index in [4.69, 9.17) is 0 Å². The molecule has 0 aromatic carbocycles. The summed E-state index contributed by atoms with van der Waals surface area (Å²) in [5.74, 6) is 0.248. The van der Waals surface area contributed by atoms with Crippen LogP contribution in [0.2, 0.25) is 0 Å². The lowest BCUT2D eigenvalue weighted by Gasteiger charge is -2.40. The maximum absolute atomic E-state index is 12.1. The van der Waals surface area contributed by atoms with E-state index in [0.29, 0.717) is 0 Å². The van der Waals surface area contributed by atoms with E-state index in [9.17, 15) is 4.79 Å². The van der Waals surface area contributed by atoms with Crippen LogP contribution in [0.25, 0.3) is 0 Å². The van der Waals surface area contributed by atoms with Crippen molar-refractivity contribution in [3.05, 3.63) is 0 Å². The summed E-state index contributed by atoms with van der Waals surface area (Å²) in [6.07, 6.45) is 0.851. The summed E-state index contributed by atoms with van der Waals surface area (Å²) < 4.78 is 0. The van der Waals surface area contributed by atoms with Crippen molar-refractivity contribution in [3.8, 4) is 0 Å². The highest BCUT2D eigenvalue weighted by Crippen LogP contribution is 2.16. The number of nitrogens with one attached hydrogen (secondary N) is 1. The molecule has 1 heterocycles. The Hall–Kier alpha value is -0.610. The largest absolute Gasteiger partial charge is 0.339 e. The molecule has 1 saturated heterocycles. The van der Waals surface area contributed by atoms with Crippen LogP contribution >= 0.6 is 0 Å². The van der Waals surface area contributed by atoms with Gasteiger partial charge in [-0.05, 0) is 27.4 Å². The molecule has 0 radical (unpaired) electrons. The van der Waals surface area contributed by atoms with E-state index in [-0.39, 0.29) is 11.4 Å².